The van der Waals surface area contributed by atoms with Gasteiger partial charge in [0, 0.05) is 6.42 Å². The number of aromatic carboxylic acids is 1. The van der Waals surface area contributed by atoms with Crippen LogP contribution in [0.4, 0.5) is 10.1 Å². The Morgan fingerprint density at radius 1 is 1.30 bits per heavy atom. The number of carboxylic acids is 1. The van der Waals surface area contributed by atoms with E-state index in [1.54, 1.807) is 6.07 Å². The van der Waals surface area contributed by atoms with Gasteiger partial charge in [-0.2, -0.15) is 0 Å². The highest BCUT2D eigenvalue weighted by molar-refractivity contribution is 6.02. The number of aryl methyl sites for hydroxylation is 1. The van der Waals surface area contributed by atoms with E-state index in [9.17, 15) is 14.0 Å². The molecule has 0 saturated carbocycles. The van der Waals surface area contributed by atoms with Crippen LogP contribution >= 0.6 is 0 Å². The minimum atomic E-state index is -1.24. The Balaban J connectivity index is 2.17. The van der Waals surface area contributed by atoms with Crippen molar-refractivity contribution in [2.45, 2.75) is 13.3 Å². The summed E-state index contributed by atoms with van der Waals surface area (Å²) in [5.41, 5.74) is -0.291. The van der Waals surface area contributed by atoms with Crippen molar-refractivity contribution in [1.82, 2.24) is 0 Å². The molecule has 2 N–H and O–H groups in total. The Hall–Kier alpha value is -2.63. The summed E-state index contributed by atoms with van der Waals surface area (Å²) in [5.74, 6) is -1.92. The molecular weight excluding hydrogens is 265 g/mol. The number of hydrogen-bond donors (Lipinski definition) is 2. The molecule has 0 spiro atoms. The van der Waals surface area contributed by atoms with Crippen molar-refractivity contribution in [1.29, 1.82) is 0 Å². The van der Waals surface area contributed by atoms with Crippen molar-refractivity contribution in [3.05, 3.63) is 53.2 Å². The van der Waals surface area contributed by atoms with Gasteiger partial charge in [0.2, 0.25) is 0 Å². The van der Waals surface area contributed by atoms with Gasteiger partial charge in [0.15, 0.2) is 5.76 Å². The van der Waals surface area contributed by atoms with Gasteiger partial charge in [0.05, 0.1) is 11.3 Å². The summed E-state index contributed by atoms with van der Waals surface area (Å²) in [4.78, 5) is 22.5. The van der Waals surface area contributed by atoms with Gasteiger partial charge in [0.1, 0.15) is 11.6 Å². The van der Waals surface area contributed by atoms with E-state index in [0.717, 1.165) is 6.07 Å². The predicted octanol–water partition coefficient (Wildman–Crippen LogP) is 2.93. The molecule has 0 bridgehead atoms. The normalized spacial score (nSPS) is 10.3. The van der Waals surface area contributed by atoms with E-state index in [0.29, 0.717) is 12.2 Å². The quantitative estimate of drug-likeness (QED) is 0.900. The lowest BCUT2D eigenvalue weighted by Crippen LogP contribution is -2.12. The van der Waals surface area contributed by atoms with Crippen molar-refractivity contribution in [3.8, 4) is 0 Å². The number of anilines is 1. The van der Waals surface area contributed by atoms with Crippen LogP contribution in [0.2, 0.25) is 0 Å². The molecule has 0 atom stereocenters. The second-order valence-corrected chi connectivity index (χ2v) is 4.07. The molecule has 0 aliphatic carbocycles. The van der Waals surface area contributed by atoms with E-state index < -0.39 is 17.7 Å². The third-order valence-corrected chi connectivity index (χ3v) is 2.70. The van der Waals surface area contributed by atoms with Crippen molar-refractivity contribution in [2.75, 3.05) is 5.32 Å². The second-order valence-electron chi connectivity index (χ2n) is 4.07. The third-order valence-electron chi connectivity index (χ3n) is 2.70. The maximum absolute atomic E-state index is 13.6. The van der Waals surface area contributed by atoms with Crippen LogP contribution in [0, 0.1) is 5.82 Å². The summed E-state index contributed by atoms with van der Waals surface area (Å²) < 4.78 is 18.9. The predicted molar refractivity (Wildman–Crippen MR) is 69.4 cm³/mol. The Labute approximate surface area is 114 Å². The molecule has 2 rings (SSSR count). The molecular formula is C14H12FNO4. The molecule has 104 valence electrons. The fraction of sp³-hybridized carbons (Fsp3) is 0.143. The molecule has 0 aliphatic heterocycles. The van der Waals surface area contributed by atoms with E-state index in [2.05, 4.69) is 5.32 Å². The number of carboxylic acid groups (broad SMARTS) is 1. The van der Waals surface area contributed by atoms with E-state index in [-0.39, 0.29) is 17.0 Å². The summed E-state index contributed by atoms with van der Waals surface area (Å²) >= 11 is 0. The van der Waals surface area contributed by atoms with Crippen molar-refractivity contribution in [3.63, 3.8) is 0 Å². The maximum atomic E-state index is 13.6. The van der Waals surface area contributed by atoms with Crippen LogP contribution in [0.15, 0.2) is 34.7 Å². The van der Waals surface area contributed by atoms with Gasteiger partial charge in [-0.1, -0.05) is 6.92 Å². The molecule has 1 aromatic heterocycles. The lowest BCUT2D eigenvalue weighted by Gasteiger charge is -2.05. The fourth-order valence-corrected chi connectivity index (χ4v) is 1.62. The zero-order valence-corrected chi connectivity index (χ0v) is 10.6. The van der Waals surface area contributed by atoms with Crippen molar-refractivity contribution in [2.24, 2.45) is 0 Å². The number of furan rings is 1. The van der Waals surface area contributed by atoms with Crippen LogP contribution in [0.5, 0.6) is 0 Å². The summed E-state index contributed by atoms with van der Waals surface area (Å²) in [6.07, 6.45) is 0.648. The summed E-state index contributed by atoms with van der Waals surface area (Å²) in [6.45, 7) is 1.88. The monoisotopic (exact) mass is 277 g/mol. The molecule has 5 nitrogen and oxygen atoms in total. The Morgan fingerprint density at radius 2 is 2.05 bits per heavy atom. The molecule has 2 aromatic rings. The number of hydrogen-bond acceptors (Lipinski definition) is 3. The van der Waals surface area contributed by atoms with Gasteiger partial charge in [-0.05, 0) is 30.3 Å². The zero-order valence-electron chi connectivity index (χ0n) is 10.6. The van der Waals surface area contributed by atoms with Gasteiger partial charge < -0.3 is 14.8 Å². The molecule has 1 heterocycles. The minimum absolute atomic E-state index is 0.0727. The number of carbonyl (C=O) groups is 2. The van der Waals surface area contributed by atoms with Gasteiger partial charge in [-0.3, -0.25) is 4.79 Å². The molecule has 0 aliphatic rings. The van der Waals surface area contributed by atoms with Crippen molar-refractivity contribution >= 4 is 17.6 Å². The first kappa shape index (κ1) is 13.8. The fourth-order valence-electron chi connectivity index (χ4n) is 1.62. The first-order valence-electron chi connectivity index (χ1n) is 5.94. The van der Waals surface area contributed by atoms with Crippen LogP contribution in [-0.4, -0.2) is 17.0 Å². The lowest BCUT2D eigenvalue weighted by molar-refractivity contribution is 0.0696. The van der Waals surface area contributed by atoms with E-state index >= 15 is 0 Å². The highest BCUT2D eigenvalue weighted by Crippen LogP contribution is 2.18. The molecule has 0 radical (unpaired) electrons. The number of amides is 1. The number of carbonyl (C=O) groups excluding carboxylic acids is 1. The number of nitrogens with one attached hydrogen (secondary N) is 1. The number of benzene rings is 1. The van der Waals surface area contributed by atoms with Crippen LogP contribution in [0.1, 0.15) is 33.6 Å². The van der Waals surface area contributed by atoms with Crippen LogP contribution in [0.3, 0.4) is 0 Å². The highest BCUT2D eigenvalue weighted by Gasteiger charge is 2.14. The number of halogens is 1. The molecule has 20 heavy (non-hydrogen) atoms. The molecule has 0 fully saturated rings. The molecule has 1 aromatic carbocycles. The first-order chi connectivity index (χ1) is 9.51. The third kappa shape index (κ3) is 2.85. The van der Waals surface area contributed by atoms with Crippen LogP contribution in [-0.2, 0) is 6.42 Å². The number of rotatable bonds is 4. The Kier molecular flexibility index (Phi) is 3.84. The molecule has 0 saturated heterocycles. The summed E-state index contributed by atoms with van der Waals surface area (Å²) in [5, 5.41) is 11.1. The maximum Gasteiger partial charge on any atom is 0.335 e. The SMILES string of the molecule is CCc1ccc(C(=O)Nc2ccc(C(=O)O)cc2F)o1. The van der Waals surface area contributed by atoms with Crippen LogP contribution in [0.25, 0.3) is 0 Å². The minimum Gasteiger partial charge on any atom is -0.478 e. The summed E-state index contributed by atoms with van der Waals surface area (Å²) in [7, 11) is 0. The Morgan fingerprint density at radius 3 is 2.60 bits per heavy atom. The standard InChI is InChI=1S/C14H12FNO4/c1-2-9-4-6-12(20-9)13(17)16-11-5-3-8(14(18)19)7-10(11)15/h3-7H,2H2,1H3,(H,16,17)(H,18,19). The average Bonchev–Trinajstić information content (AvgIpc) is 2.89. The van der Waals surface area contributed by atoms with E-state index in [1.165, 1.54) is 18.2 Å². The highest BCUT2D eigenvalue weighted by atomic mass is 19.1. The van der Waals surface area contributed by atoms with Gasteiger partial charge >= 0.3 is 5.97 Å². The molecule has 1 amide bonds. The van der Waals surface area contributed by atoms with Gasteiger partial charge in [0.25, 0.3) is 5.91 Å². The van der Waals surface area contributed by atoms with Gasteiger partial charge in [-0.15, -0.1) is 0 Å². The van der Waals surface area contributed by atoms with Crippen molar-refractivity contribution < 1.29 is 23.5 Å². The average molecular weight is 277 g/mol. The molecule has 0 unspecified atom stereocenters. The second kappa shape index (κ2) is 5.56. The van der Waals surface area contributed by atoms with E-state index in [1.807, 2.05) is 6.92 Å². The molecule has 6 heteroatoms. The lowest BCUT2D eigenvalue weighted by atomic mass is 10.2. The zero-order chi connectivity index (χ0) is 14.7. The van der Waals surface area contributed by atoms with Gasteiger partial charge in [-0.25, -0.2) is 9.18 Å². The Bertz CT molecular complexity index is 663. The van der Waals surface area contributed by atoms with E-state index in [4.69, 9.17) is 9.52 Å². The smallest absolute Gasteiger partial charge is 0.335 e. The largest absolute Gasteiger partial charge is 0.478 e. The first-order valence-corrected chi connectivity index (χ1v) is 5.94. The van der Waals surface area contributed by atoms with Crippen LogP contribution < -0.4 is 5.32 Å². The summed E-state index contributed by atoms with van der Waals surface area (Å²) in [6, 6.07) is 6.41. The topological polar surface area (TPSA) is 79.5 Å².